The molecule has 7 heteroatoms. The Balaban J connectivity index is 1.34. The maximum Gasteiger partial charge on any atom is 0.203 e. The first-order valence-electron chi connectivity index (χ1n) is 16.4. The van der Waals surface area contributed by atoms with Crippen LogP contribution in [0.3, 0.4) is 0 Å². The lowest BCUT2D eigenvalue weighted by Crippen LogP contribution is -1.99. The topological polar surface area (TPSA) is 95.7 Å². The number of aromatic nitrogens is 3. The number of hydrogen-bond acceptors (Lipinski definition) is 4. The minimum atomic E-state index is -0.686. The normalized spacial score (nSPS) is 12.0. The van der Waals surface area contributed by atoms with Gasteiger partial charge in [0.1, 0.15) is 11.4 Å². The molecule has 7 aromatic carbocycles. The maximum absolute atomic E-state index is 11.4. The third-order valence-electron chi connectivity index (χ3n) is 10.2. The Morgan fingerprint density at radius 2 is 0.700 bits per heavy atom. The van der Waals surface area contributed by atoms with Gasteiger partial charge in [-0.05, 0) is 67.6 Å². The highest BCUT2D eigenvalue weighted by molar-refractivity contribution is 6.14. The van der Waals surface area contributed by atoms with Gasteiger partial charge >= 0.3 is 0 Å². The van der Waals surface area contributed by atoms with Crippen LogP contribution < -0.4 is 0 Å². The van der Waals surface area contributed by atoms with Crippen LogP contribution in [0.15, 0.2) is 133 Å². The van der Waals surface area contributed by atoms with Gasteiger partial charge in [-0.25, -0.2) is 0 Å². The lowest BCUT2D eigenvalue weighted by Gasteiger charge is -2.16. The van der Waals surface area contributed by atoms with Crippen molar-refractivity contribution < 1.29 is 20.4 Å². The van der Waals surface area contributed by atoms with E-state index in [2.05, 4.69) is 94.1 Å². The molecule has 10 rings (SSSR count). The number of hydrogen-bond donors (Lipinski definition) is 4. The summed E-state index contributed by atoms with van der Waals surface area (Å²) >= 11 is 0. The maximum atomic E-state index is 11.4. The number of phenols is 4. The molecule has 0 unspecified atom stereocenters. The first-order chi connectivity index (χ1) is 24.4. The van der Waals surface area contributed by atoms with Crippen LogP contribution >= 0.6 is 0 Å². The predicted octanol–water partition coefficient (Wildman–Crippen LogP) is 10.1. The van der Waals surface area contributed by atoms with Crippen LogP contribution in [0, 0.1) is 6.92 Å². The van der Waals surface area contributed by atoms with Crippen molar-refractivity contribution in [1.29, 1.82) is 0 Å². The number of aromatic hydroxyl groups is 4. The summed E-state index contributed by atoms with van der Waals surface area (Å²) in [5.41, 5.74) is 7.70. The van der Waals surface area contributed by atoms with E-state index in [9.17, 15) is 20.4 Å². The molecule has 0 atom stereocenters. The van der Waals surface area contributed by atoms with E-state index in [0.29, 0.717) is 11.0 Å². The van der Waals surface area contributed by atoms with E-state index < -0.39 is 17.2 Å². The number of para-hydroxylation sites is 4. The minimum absolute atomic E-state index is 0.00738. The highest BCUT2D eigenvalue weighted by Crippen LogP contribution is 2.50. The summed E-state index contributed by atoms with van der Waals surface area (Å²) in [5.74, 6) is -2.18. The average molecular weight is 652 g/mol. The molecule has 3 heterocycles. The van der Waals surface area contributed by atoms with Crippen LogP contribution in [-0.4, -0.2) is 34.1 Å². The van der Waals surface area contributed by atoms with Crippen molar-refractivity contribution in [2.45, 2.75) is 6.92 Å². The van der Waals surface area contributed by atoms with Gasteiger partial charge in [-0.15, -0.1) is 0 Å². The molecule has 0 aliphatic carbocycles. The van der Waals surface area contributed by atoms with Crippen LogP contribution in [0.1, 0.15) is 5.56 Å². The second-order valence-electron chi connectivity index (χ2n) is 12.8. The summed E-state index contributed by atoms with van der Waals surface area (Å²) in [6.45, 7) is 1.50. The van der Waals surface area contributed by atoms with Gasteiger partial charge in [0.05, 0.1) is 33.1 Å². The highest BCUT2D eigenvalue weighted by atomic mass is 16.3. The van der Waals surface area contributed by atoms with Crippen LogP contribution in [-0.2, 0) is 0 Å². The zero-order valence-electron chi connectivity index (χ0n) is 26.8. The molecular weight excluding hydrogens is 622 g/mol. The van der Waals surface area contributed by atoms with Crippen LogP contribution in [0.25, 0.3) is 82.5 Å². The Bertz CT molecular complexity index is 2750. The molecule has 0 aliphatic heterocycles. The Hall–Kier alpha value is -6.86. The van der Waals surface area contributed by atoms with E-state index in [1.54, 1.807) is 4.57 Å². The predicted molar refractivity (Wildman–Crippen MR) is 201 cm³/mol. The first-order valence-corrected chi connectivity index (χ1v) is 16.4. The fraction of sp³-hybridized carbons (Fsp3) is 0.0233. The number of phenolic OH excluding ortho intramolecular Hbond substituents is 4. The molecule has 7 nitrogen and oxygen atoms in total. The molecule has 0 bridgehead atoms. The molecular formula is C43H29N3O4. The summed E-state index contributed by atoms with van der Waals surface area (Å²) in [6, 6.07) is 45.8. The molecule has 0 fully saturated rings. The van der Waals surface area contributed by atoms with E-state index in [0.717, 1.165) is 65.8 Å². The number of nitrogens with zero attached hydrogens (tertiary/aromatic N) is 3. The van der Waals surface area contributed by atoms with Crippen molar-refractivity contribution in [3.63, 3.8) is 0 Å². The molecule has 0 spiro atoms. The Morgan fingerprint density at radius 3 is 1.10 bits per heavy atom. The average Bonchev–Trinajstić information content (AvgIpc) is 3.79. The third kappa shape index (κ3) is 3.63. The van der Waals surface area contributed by atoms with Crippen LogP contribution in [0.5, 0.6) is 23.0 Å². The van der Waals surface area contributed by atoms with Gasteiger partial charge < -0.3 is 34.1 Å². The van der Waals surface area contributed by atoms with Gasteiger partial charge in [0.15, 0.2) is 11.5 Å². The van der Waals surface area contributed by atoms with Gasteiger partial charge in [-0.2, -0.15) is 0 Å². The van der Waals surface area contributed by atoms with Crippen molar-refractivity contribution >= 4 is 65.4 Å². The lowest BCUT2D eigenvalue weighted by molar-refractivity contribution is 0.357. The summed E-state index contributed by atoms with van der Waals surface area (Å²) in [6.07, 6.45) is 0. The zero-order valence-corrected chi connectivity index (χ0v) is 26.8. The zero-order chi connectivity index (χ0) is 33.8. The van der Waals surface area contributed by atoms with Crippen molar-refractivity contribution in [3.8, 4) is 40.1 Å². The van der Waals surface area contributed by atoms with Crippen molar-refractivity contribution in [3.05, 3.63) is 139 Å². The van der Waals surface area contributed by atoms with Crippen molar-refractivity contribution in [2.75, 3.05) is 0 Å². The number of rotatable bonds is 3. The standard InChI is InChI=1S/C43H29N3O4/c1-24-40(47)39(42(49)43(50)41(24)48)46-37-20-18-25(44-33-14-6-2-10-27(33)28-11-3-7-15-34(28)44)22-31(37)32-23-26(19-21-38(32)46)45-35-16-8-4-12-29(35)30-13-5-9-17-36(30)45/h2-23,47-50H,1H3. The van der Waals surface area contributed by atoms with Gasteiger partial charge in [-0.3, -0.25) is 0 Å². The second kappa shape index (κ2) is 10.1. The molecule has 0 saturated heterocycles. The van der Waals surface area contributed by atoms with Crippen LogP contribution in [0.2, 0.25) is 0 Å². The summed E-state index contributed by atoms with van der Waals surface area (Å²) in [7, 11) is 0. The largest absolute Gasteiger partial charge is 0.505 e. The van der Waals surface area contributed by atoms with Gasteiger partial charge in [0, 0.05) is 49.3 Å². The first kappa shape index (κ1) is 28.2. The molecule has 4 N–H and O–H groups in total. The van der Waals surface area contributed by atoms with E-state index in [1.807, 2.05) is 48.5 Å². The van der Waals surface area contributed by atoms with E-state index in [-0.39, 0.29) is 17.0 Å². The van der Waals surface area contributed by atoms with E-state index in [1.165, 1.54) is 6.92 Å². The van der Waals surface area contributed by atoms with E-state index >= 15 is 0 Å². The minimum Gasteiger partial charge on any atom is -0.505 e. The van der Waals surface area contributed by atoms with Crippen molar-refractivity contribution in [2.24, 2.45) is 0 Å². The Kier molecular flexibility index (Phi) is 5.68. The summed E-state index contributed by atoms with van der Waals surface area (Å²) in [5, 5.41) is 50.3. The monoisotopic (exact) mass is 651 g/mol. The number of benzene rings is 7. The van der Waals surface area contributed by atoms with E-state index in [4.69, 9.17) is 0 Å². The SMILES string of the molecule is Cc1c(O)c(O)c(O)c(-n2c3ccc(-n4c5ccccc5c5ccccc54)cc3c3cc(-n4c5ccccc5c5ccccc54)ccc32)c1O. The Labute approximate surface area is 284 Å². The van der Waals surface area contributed by atoms with Gasteiger partial charge in [0.25, 0.3) is 0 Å². The molecule has 0 saturated carbocycles. The quantitative estimate of drug-likeness (QED) is 0.113. The van der Waals surface area contributed by atoms with Crippen LogP contribution in [0.4, 0.5) is 0 Å². The molecule has 0 amide bonds. The van der Waals surface area contributed by atoms with Gasteiger partial charge in [-0.1, -0.05) is 72.8 Å². The lowest BCUT2D eigenvalue weighted by atomic mass is 10.1. The number of fused-ring (bicyclic) bond motifs is 9. The summed E-state index contributed by atoms with van der Waals surface area (Å²) < 4.78 is 6.28. The fourth-order valence-corrected chi connectivity index (χ4v) is 7.94. The smallest absolute Gasteiger partial charge is 0.203 e. The fourth-order valence-electron chi connectivity index (χ4n) is 7.94. The molecule has 50 heavy (non-hydrogen) atoms. The highest BCUT2D eigenvalue weighted by Gasteiger charge is 2.26. The molecule has 3 aromatic heterocycles. The molecule has 0 aliphatic rings. The molecule has 10 aromatic rings. The summed E-state index contributed by atoms with van der Waals surface area (Å²) in [4.78, 5) is 0. The third-order valence-corrected chi connectivity index (χ3v) is 10.2. The molecule has 240 valence electrons. The second-order valence-corrected chi connectivity index (χ2v) is 12.8. The van der Waals surface area contributed by atoms with Gasteiger partial charge in [0.2, 0.25) is 5.75 Å². The molecule has 0 radical (unpaired) electrons. The van der Waals surface area contributed by atoms with Crippen molar-refractivity contribution in [1.82, 2.24) is 13.7 Å². The Morgan fingerprint density at radius 1 is 0.340 bits per heavy atom.